The molecule has 0 bridgehead atoms. The monoisotopic (exact) mass is 265 g/mol. The Morgan fingerprint density at radius 2 is 2.22 bits per heavy atom. The number of hydrogen-bond donors (Lipinski definition) is 1. The summed E-state index contributed by atoms with van der Waals surface area (Å²) in [5.41, 5.74) is 1.20. The second-order valence-electron chi connectivity index (χ2n) is 4.09. The van der Waals surface area contributed by atoms with Gasteiger partial charge in [0.25, 0.3) is 5.91 Å². The number of nitrogens with zero attached hydrogens (tertiary/aromatic N) is 2. The highest BCUT2D eigenvalue weighted by Gasteiger charge is 2.12. The van der Waals surface area contributed by atoms with Crippen LogP contribution in [0.3, 0.4) is 0 Å². The molecule has 2 heterocycles. The molecule has 1 amide bonds. The number of rotatable bonds is 3. The largest absolute Gasteiger partial charge is 0.338 e. The summed E-state index contributed by atoms with van der Waals surface area (Å²) in [5.74, 6) is 0.251. The van der Waals surface area contributed by atoms with Crippen LogP contribution in [-0.2, 0) is 0 Å². The van der Waals surface area contributed by atoms with Crippen molar-refractivity contribution in [2.45, 2.75) is 19.8 Å². The van der Waals surface area contributed by atoms with E-state index in [0.717, 1.165) is 5.69 Å². The van der Waals surface area contributed by atoms with Crippen molar-refractivity contribution in [1.82, 2.24) is 10.1 Å². The number of carbonyl (C=O) groups is 1. The highest BCUT2D eigenvalue weighted by atomic mass is 35.5. The van der Waals surface area contributed by atoms with E-state index in [0.29, 0.717) is 16.6 Å². The Morgan fingerprint density at radius 3 is 2.78 bits per heavy atom. The average Bonchev–Trinajstić information content (AvgIpc) is 2.78. The minimum Gasteiger partial charge on any atom is -0.338 e. The Morgan fingerprint density at radius 1 is 1.44 bits per heavy atom. The number of halogens is 1. The van der Waals surface area contributed by atoms with Crippen LogP contribution in [0.4, 0.5) is 5.88 Å². The van der Waals surface area contributed by atoms with E-state index in [9.17, 15) is 4.79 Å². The standard InChI is InChI=1S/C12H12ClN3O2/c1-7(2)9-5-11(18-16-9)15-12(17)8-3-4-10(13)14-6-8/h3-7H,1-2H3,(H,15,17). The van der Waals surface area contributed by atoms with Gasteiger partial charge in [-0.05, 0) is 18.1 Å². The first kappa shape index (κ1) is 12.6. The molecule has 1 N–H and O–H groups in total. The molecule has 0 fully saturated rings. The van der Waals surface area contributed by atoms with Crippen molar-refractivity contribution in [2.24, 2.45) is 0 Å². The van der Waals surface area contributed by atoms with E-state index in [2.05, 4.69) is 15.5 Å². The summed E-state index contributed by atoms with van der Waals surface area (Å²) < 4.78 is 5.01. The number of amides is 1. The predicted octanol–water partition coefficient (Wildman–Crippen LogP) is 3.10. The molecule has 0 saturated carbocycles. The lowest BCUT2D eigenvalue weighted by molar-refractivity contribution is 0.102. The number of aromatic nitrogens is 2. The van der Waals surface area contributed by atoms with Crippen LogP contribution in [0, 0.1) is 0 Å². The lowest BCUT2D eigenvalue weighted by atomic mass is 10.1. The normalized spacial score (nSPS) is 10.7. The number of hydrogen-bond acceptors (Lipinski definition) is 4. The van der Waals surface area contributed by atoms with Gasteiger partial charge in [0.15, 0.2) is 0 Å². The van der Waals surface area contributed by atoms with Gasteiger partial charge < -0.3 is 4.52 Å². The Hall–Kier alpha value is -1.88. The predicted molar refractivity (Wildman–Crippen MR) is 67.8 cm³/mol. The summed E-state index contributed by atoms with van der Waals surface area (Å²) in [6.07, 6.45) is 1.40. The molecule has 0 aliphatic rings. The highest BCUT2D eigenvalue weighted by molar-refractivity contribution is 6.29. The van der Waals surface area contributed by atoms with Gasteiger partial charge in [0, 0.05) is 12.3 Å². The fourth-order valence-electron chi connectivity index (χ4n) is 1.31. The molecular weight excluding hydrogens is 254 g/mol. The van der Waals surface area contributed by atoms with E-state index in [4.69, 9.17) is 16.1 Å². The van der Waals surface area contributed by atoms with E-state index in [1.807, 2.05) is 13.8 Å². The number of anilines is 1. The van der Waals surface area contributed by atoms with Crippen LogP contribution in [0.25, 0.3) is 0 Å². The topological polar surface area (TPSA) is 68.0 Å². The molecule has 6 heteroatoms. The second-order valence-corrected chi connectivity index (χ2v) is 4.48. The first-order chi connectivity index (χ1) is 8.56. The Labute approximate surface area is 109 Å². The molecule has 0 saturated heterocycles. The van der Waals surface area contributed by atoms with Crippen molar-refractivity contribution >= 4 is 23.4 Å². The zero-order valence-electron chi connectivity index (χ0n) is 9.98. The third kappa shape index (κ3) is 2.87. The lowest BCUT2D eigenvalue weighted by Crippen LogP contribution is -2.11. The molecule has 0 aromatic carbocycles. The maximum atomic E-state index is 11.8. The highest BCUT2D eigenvalue weighted by Crippen LogP contribution is 2.18. The maximum absolute atomic E-state index is 11.8. The van der Waals surface area contributed by atoms with Crippen LogP contribution in [0.15, 0.2) is 28.9 Å². The van der Waals surface area contributed by atoms with Crippen molar-refractivity contribution in [1.29, 1.82) is 0 Å². The van der Waals surface area contributed by atoms with Gasteiger partial charge in [-0.15, -0.1) is 0 Å². The molecular formula is C12H12ClN3O2. The van der Waals surface area contributed by atoms with E-state index in [-0.39, 0.29) is 11.8 Å². The number of pyridine rings is 1. The zero-order chi connectivity index (χ0) is 13.1. The Bertz CT molecular complexity index is 549. The zero-order valence-corrected chi connectivity index (χ0v) is 10.7. The van der Waals surface area contributed by atoms with Crippen LogP contribution in [0.5, 0.6) is 0 Å². The molecule has 5 nitrogen and oxygen atoms in total. The molecule has 18 heavy (non-hydrogen) atoms. The summed E-state index contributed by atoms with van der Waals surface area (Å²) in [7, 11) is 0. The summed E-state index contributed by atoms with van der Waals surface area (Å²) >= 11 is 5.64. The quantitative estimate of drug-likeness (QED) is 0.866. The third-order valence-electron chi connectivity index (χ3n) is 2.35. The Kier molecular flexibility index (Phi) is 3.62. The lowest BCUT2D eigenvalue weighted by Gasteiger charge is -2.00. The minimum atomic E-state index is -0.314. The molecule has 2 aromatic heterocycles. The van der Waals surface area contributed by atoms with Gasteiger partial charge in [0.1, 0.15) is 5.15 Å². The van der Waals surface area contributed by atoms with Crippen molar-refractivity contribution in [3.8, 4) is 0 Å². The molecule has 0 atom stereocenters. The molecule has 0 spiro atoms. The molecule has 0 unspecified atom stereocenters. The molecule has 94 valence electrons. The summed E-state index contributed by atoms with van der Waals surface area (Å²) in [6, 6.07) is 4.84. The molecule has 0 aliphatic carbocycles. The van der Waals surface area contributed by atoms with Gasteiger partial charge in [0.05, 0.1) is 11.3 Å². The summed E-state index contributed by atoms with van der Waals surface area (Å²) in [4.78, 5) is 15.7. The first-order valence-corrected chi connectivity index (χ1v) is 5.83. The fraction of sp³-hybridized carbons (Fsp3) is 0.250. The van der Waals surface area contributed by atoms with Crippen molar-refractivity contribution in [3.63, 3.8) is 0 Å². The number of nitrogens with one attached hydrogen (secondary N) is 1. The first-order valence-electron chi connectivity index (χ1n) is 5.46. The number of carbonyl (C=O) groups excluding carboxylic acids is 1. The Balaban J connectivity index is 2.08. The van der Waals surface area contributed by atoms with E-state index in [1.54, 1.807) is 18.2 Å². The van der Waals surface area contributed by atoms with Gasteiger partial charge in [-0.2, -0.15) is 0 Å². The van der Waals surface area contributed by atoms with Crippen molar-refractivity contribution < 1.29 is 9.32 Å². The maximum Gasteiger partial charge on any atom is 0.259 e. The van der Waals surface area contributed by atoms with E-state index >= 15 is 0 Å². The van der Waals surface area contributed by atoms with Gasteiger partial charge >= 0.3 is 0 Å². The van der Waals surface area contributed by atoms with Gasteiger partial charge in [-0.1, -0.05) is 30.6 Å². The molecule has 2 rings (SSSR count). The molecule has 0 aliphatic heterocycles. The fourth-order valence-corrected chi connectivity index (χ4v) is 1.43. The average molecular weight is 266 g/mol. The van der Waals surface area contributed by atoms with Gasteiger partial charge in [-0.25, -0.2) is 4.98 Å². The van der Waals surface area contributed by atoms with Gasteiger partial charge in [0.2, 0.25) is 5.88 Å². The SMILES string of the molecule is CC(C)c1cc(NC(=O)c2ccc(Cl)nc2)on1. The van der Waals surface area contributed by atoms with E-state index < -0.39 is 0 Å². The van der Waals surface area contributed by atoms with Gasteiger partial charge in [-0.3, -0.25) is 10.1 Å². The van der Waals surface area contributed by atoms with Crippen LogP contribution >= 0.6 is 11.6 Å². The summed E-state index contributed by atoms with van der Waals surface area (Å²) in [5, 5.41) is 6.79. The van der Waals surface area contributed by atoms with Crippen molar-refractivity contribution in [3.05, 3.63) is 40.8 Å². The second kappa shape index (κ2) is 5.18. The van der Waals surface area contributed by atoms with Crippen LogP contribution in [0.1, 0.15) is 35.8 Å². The van der Waals surface area contributed by atoms with E-state index in [1.165, 1.54) is 6.20 Å². The smallest absolute Gasteiger partial charge is 0.259 e. The minimum absolute atomic E-state index is 0.247. The van der Waals surface area contributed by atoms with Crippen LogP contribution in [-0.4, -0.2) is 16.0 Å². The van der Waals surface area contributed by atoms with Crippen LogP contribution in [0.2, 0.25) is 5.15 Å². The van der Waals surface area contributed by atoms with Crippen LogP contribution < -0.4 is 5.32 Å². The molecule has 2 aromatic rings. The third-order valence-corrected chi connectivity index (χ3v) is 2.57. The summed E-state index contributed by atoms with van der Waals surface area (Å²) in [6.45, 7) is 3.99. The molecule has 0 radical (unpaired) electrons. The van der Waals surface area contributed by atoms with Crippen molar-refractivity contribution in [2.75, 3.05) is 5.32 Å².